The van der Waals surface area contributed by atoms with Gasteiger partial charge < -0.3 is 10.1 Å². The molecule has 2 aromatic rings. The van der Waals surface area contributed by atoms with Gasteiger partial charge in [-0.25, -0.2) is 8.78 Å². The predicted molar refractivity (Wildman–Crippen MR) is 56.2 cm³/mol. The molecule has 1 aromatic carbocycles. The van der Waals surface area contributed by atoms with Gasteiger partial charge in [-0.05, 0) is 24.3 Å². The molecule has 2 rings (SSSR count). The number of halogens is 3. The van der Waals surface area contributed by atoms with Crippen LogP contribution in [0.2, 0.25) is 5.02 Å². The van der Waals surface area contributed by atoms with Gasteiger partial charge in [0.25, 0.3) is 0 Å². The van der Waals surface area contributed by atoms with Crippen LogP contribution in [0.4, 0.5) is 8.78 Å². The third-order valence-corrected chi connectivity index (χ3v) is 2.54. The molecular formula is C11H8ClF2NO. The Morgan fingerprint density at radius 1 is 1.25 bits per heavy atom. The van der Waals surface area contributed by atoms with Gasteiger partial charge in [0, 0.05) is 17.5 Å². The highest BCUT2D eigenvalue weighted by molar-refractivity contribution is 6.30. The van der Waals surface area contributed by atoms with Crippen molar-refractivity contribution in [2.45, 2.75) is 6.10 Å². The molecule has 0 bridgehead atoms. The number of aliphatic hydroxyl groups is 1. The minimum absolute atomic E-state index is 0.149. The number of aliphatic hydroxyl groups excluding tert-OH is 1. The van der Waals surface area contributed by atoms with E-state index in [0.29, 0.717) is 5.69 Å². The first-order chi connectivity index (χ1) is 7.59. The highest BCUT2D eigenvalue weighted by atomic mass is 35.5. The maximum Gasteiger partial charge on any atom is 0.142 e. The van der Waals surface area contributed by atoms with Crippen LogP contribution in [0.3, 0.4) is 0 Å². The fourth-order valence-electron chi connectivity index (χ4n) is 1.43. The van der Waals surface area contributed by atoms with E-state index in [9.17, 15) is 13.9 Å². The Balaban J connectivity index is 2.44. The van der Waals surface area contributed by atoms with Crippen molar-refractivity contribution < 1.29 is 13.9 Å². The molecule has 0 radical (unpaired) electrons. The molecule has 0 fully saturated rings. The molecule has 2 N–H and O–H groups in total. The van der Waals surface area contributed by atoms with Crippen LogP contribution in [0.5, 0.6) is 0 Å². The predicted octanol–water partition coefficient (Wildman–Crippen LogP) is 3.03. The van der Waals surface area contributed by atoms with Crippen molar-refractivity contribution in [3.05, 3.63) is 58.4 Å². The van der Waals surface area contributed by atoms with Crippen LogP contribution in [0.1, 0.15) is 17.4 Å². The lowest BCUT2D eigenvalue weighted by Gasteiger charge is -2.11. The van der Waals surface area contributed by atoms with Gasteiger partial charge in [0.1, 0.15) is 17.7 Å². The fraction of sp³-hybridized carbons (Fsp3) is 0.0909. The van der Waals surface area contributed by atoms with Crippen LogP contribution < -0.4 is 0 Å². The molecule has 16 heavy (non-hydrogen) atoms. The molecular weight excluding hydrogens is 236 g/mol. The van der Waals surface area contributed by atoms with E-state index in [1.807, 2.05) is 0 Å². The van der Waals surface area contributed by atoms with Crippen LogP contribution in [-0.4, -0.2) is 10.1 Å². The zero-order chi connectivity index (χ0) is 11.7. The van der Waals surface area contributed by atoms with Crippen LogP contribution in [-0.2, 0) is 0 Å². The van der Waals surface area contributed by atoms with Crippen molar-refractivity contribution in [3.63, 3.8) is 0 Å². The first kappa shape index (κ1) is 11.1. The van der Waals surface area contributed by atoms with Crippen molar-refractivity contribution >= 4 is 11.6 Å². The van der Waals surface area contributed by atoms with E-state index < -0.39 is 17.7 Å². The first-order valence-electron chi connectivity index (χ1n) is 4.55. The summed E-state index contributed by atoms with van der Waals surface area (Å²) in [5, 5.41) is 9.49. The van der Waals surface area contributed by atoms with E-state index in [-0.39, 0.29) is 10.6 Å². The van der Waals surface area contributed by atoms with Gasteiger partial charge in [-0.15, -0.1) is 0 Å². The summed E-state index contributed by atoms with van der Waals surface area (Å²) in [6.07, 6.45) is 0.352. The summed E-state index contributed by atoms with van der Waals surface area (Å²) in [6.45, 7) is 0. The highest BCUT2D eigenvalue weighted by Gasteiger charge is 2.18. The van der Waals surface area contributed by atoms with E-state index in [2.05, 4.69) is 4.98 Å². The second-order valence-electron chi connectivity index (χ2n) is 3.32. The molecule has 0 saturated heterocycles. The van der Waals surface area contributed by atoms with Crippen molar-refractivity contribution in [3.8, 4) is 0 Å². The highest BCUT2D eigenvalue weighted by Crippen LogP contribution is 2.27. The Bertz CT molecular complexity index is 499. The van der Waals surface area contributed by atoms with E-state index >= 15 is 0 Å². The van der Waals surface area contributed by atoms with Gasteiger partial charge in [0.2, 0.25) is 0 Å². The van der Waals surface area contributed by atoms with E-state index in [1.54, 1.807) is 18.3 Å². The fourth-order valence-corrected chi connectivity index (χ4v) is 1.58. The van der Waals surface area contributed by atoms with Crippen LogP contribution in [0.15, 0.2) is 30.5 Å². The van der Waals surface area contributed by atoms with Gasteiger partial charge in [-0.1, -0.05) is 11.6 Å². The van der Waals surface area contributed by atoms with Crippen LogP contribution in [0, 0.1) is 11.6 Å². The number of rotatable bonds is 2. The molecule has 1 aromatic heterocycles. The van der Waals surface area contributed by atoms with Gasteiger partial charge in [0.15, 0.2) is 0 Å². The summed E-state index contributed by atoms with van der Waals surface area (Å²) in [6, 6.07) is 4.97. The molecule has 0 aliphatic rings. The Hall–Kier alpha value is -1.39. The lowest BCUT2D eigenvalue weighted by Crippen LogP contribution is -2.04. The minimum Gasteiger partial charge on any atom is -0.382 e. The average molecular weight is 244 g/mol. The maximum atomic E-state index is 13.4. The minimum atomic E-state index is -1.23. The second kappa shape index (κ2) is 4.23. The monoisotopic (exact) mass is 243 g/mol. The third-order valence-electron chi connectivity index (χ3n) is 2.25. The molecule has 0 spiro atoms. The van der Waals surface area contributed by atoms with Gasteiger partial charge in [-0.3, -0.25) is 0 Å². The number of H-pyrrole nitrogens is 1. The van der Waals surface area contributed by atoms with Crippen LogP contribution >= 0.6 is 11.6 Å². The van der Waals surface area contributed by atoms with Crippen molar-refractivity contribution in [1.82, 2.24) is 4.98 Å². The molecule has 0 amide bonds. The molecule has 1 unspecified atom stereocenters. The summed E-state index contributed by atoms with van der Waals surface area (Å²) < 4.78 is 26.6. The summed E-state index contributed by atoms with van der Waals surface area (Å²) in [4.78, 5) is 2.72. The summed E-state index contributed by atoms with van der Waals surface area (Å²) in [5.41, 5.74) is 0.241. The Kier molecular flexibility index (Phi) is 2.94. The van der Waals surface area contributed by atoms with Gasteiger partial charge in [-0.2, -0.15) is 0 Å². The zero-order valence-corrected chi connectivity index (χ0v) is 8.80. The van der Waals surface area contributed by atoms with Gasteiger partial charge in [0.05, 0.1) is 5.02 Å². The Morgan fingerprint density at radius 3 is 2.62 bits per heavy atom. The number of hydrogen-bond acceptors (Lipinski definition) is 1. The van der Waals surface area contributed by atoms with Crippen molar-refractivity contribution in [1.29, 1.82) is 0 Å². The molecule has 5 heteroatoms. The molecule has 0 aliphatic carbocycles. The van der Waals surface area contributed by atoms with E-state index in [0.717, 1.165) is 12.1 Å². The SMILES string of the molecule is OC(c1ccc[nH]1)c1cc(F)c(Cl)cc1F. The average Bonchev–Trinajstić information content (AvgIpc) is 2.75. The molecule has 1 atom stereocenters. The molecule has 84 valence electrons. The quantitative estimate of drug-likeness (QED) is 0.782. The number of hydrogen-bond donors (Lipinski definition) is 2. The van der Waals surface area contributed by atoms with Crippen molar-refractivity contribution in [2.75, 3.05) is 0 Å². The lowest BCUT2D eigenvalue weighted by molar-refractivity contribution is 0.210. The van der Waals surface area contributed by atoms with Crippen molar-refractivity contribution in [2.24, 2.45) is 0 Å². The summed E-state index contributed by atoms with van der Waals surface area (Å²) in [5.74, 6) is -1.50. The first-order valence-corrected chi connectivity index (χ1v) is 4.93. The smallest absolute Gasteiger partial charge is 0.142 e. The largest absolute Gasteiger partial charge is 0.382 e. The molecule has 0 saturated carbocycles. The summed E-state index contributed by atoms with van der Waals surface area (Å²) >= 11 is 5.41. The van der Waals surface area contributed by atoms with E-state index in [4.69, 9.17) is 11.6 Å². The zero-order valence-electron chi connectivity index (χ0n) is 8.05. The molecule has 1 heterocycles. The number of aromatic nitrogens is 1. The standard InChI is InChI=1S/C11H8ClF2NO/c12-7-5-8(13)6(4-9(7)14)11(16)10-2-1-3-15-10/h1-5,11,15-16H. The molecule has 0 aliphatic heterocycles. The maximum absolute atomic E-state index is 13.4. The van der Waals surface area contributed by atoms with Crippen LogP contribution in [0.25, 0.3) is 0 Å². The Labute approximate surface area is 95.5 Å². The number of benzene rings is 1. The normalized spacial score (nSPS) is 12.8. The third kappa shape index (κ3) is 1.94. The van der Waals surface area contributed by atoms with Gasteiger partial charge >= 0.3 is 0 Å². The summed E-state index contributed by atoms with van der Waals surface area (Å²) in [7, 11) is 0. The number of nitrogens with one attached hydrogen (secondary N) is 1. The Morgan fingerprint density at radius 2 is 2.00 bits per heavy atom. The molecule has 2 nitrogen and oxygen atoms in total. The lowest BCUT2D eigenvalue weighted by atomic mass is 10.1. The number of aromatic amines is 1. The topological polar surface area (TPSA) is 36.0 Å². The van der Waals surface area contributed by atoms with E-state index in [1.165, 1.54) is 0 Å². The second-order valence-corrected chi connectivity index (χ2v) is 3.72.